The van der Waals surface area contributed by atoms with E-state index < -0.39 is 16.1 Å². The van der Waals surface area contributed by atoms with Crippen LogP contribution in [-0.2, 0) is 10.1 Å². The van der Waals surface area contributed by atoms with Crippen LogP contribution in [0.15, 0.2) is 50.2 Å². The van der Waals surface area contributed by atoms with Gasteiger partial charge in [0.15, 0.2) is 5.75 Å². The van der Waals surface area contributed by atoms with Crippen molar-refractivity contribution in [1.82, 2.24) is 0 Å². The SMILES string of the molecule is Cc1ccc(S(=O)(=O)Oc2c(Br)cc(Br)cc2C(=O)O)cc1. The lowest BCUT2D eigenvalue weighted by Gasteiger charge is -2.12. The van der Waals surface area contributed by atoms with E-state index in [-0.39, 0.29) is 20.7 Å². The second-order valence-electron chi connectivity index (χ2n) is 4.42. The van der Waals surface area contributed by atoms with Crippen molar-refractivity contribution in [1.29, 1.82) is 0 Å². The van der Waals surface area contributed by atoms with Crippen LogP contribution in [0.25, 0.3) is 0 Å². The molecule has 1 N–H and O–H groups in total. The van der Waals surface area contributed by atoms with Crippen LogP contribution < -0.4 is 4.18 Å². The lowest BCUT2D eigenvalue weighted by Crippen LogP contribution is -2.13. The largest absolute Gasteiger partial charge is 0.478 e. The third kappa shape index (κ3) is 3.68. The van der Waals surface area contributed by atoms with Gasteiger partial charge in [-0.2, -0.15) is 8.42 Å². The number of hydrogen-bond donors (Lipinski definition) is 1. The standard InChI is InChI=1S/C14H10Br2O5S/c1-8-2-4-10(5-3-8)22(19,20)21-13-11(14(17)18)6-9(15)7-12(13)16/h2-7H,1H3,(H,17,18). The molecular formula is C14H10Br2O5S. The molecule has 0 saturated carbocycles. The van der Waals surface area contributed by atoms with Crippen molar-refractivity contribution in [3.63, 3.8) is 0 Å². The zero-order valence-electron chi connectivity index (χ0n) is 11.2. The highest BCUT2D eigenvalue weighted by Crippen LogP contribution is 2.35. The molecule has 0 atom stereocenters. The van der Waals surface area contributed by atoms with E-state index in [4.69, 9.17) is 4.18 Å². The van der Waals surface area contributed by atoms with Gasteiger partial charge in [-0.15, -0.1) is 0 Å². The minimum absolute atomic E-state index is 0.0516. The van der Waals surface area contributed by atoms with E-state index >= 15 is 0 Å². The van der Waals surface area contributed by atoms with Crippen molar-refractivity contribution in [3.8, 4) is 5.75 Å². The minimum atomic E-state index is -4.13. The smallest absolute Gasteiger partial charge is 0.339 e. The van der Waals surface area contributed by atoms with Crippen molar-refractivity contribution in [3.05, 3.63) is 56.5 Å². The fourth-order valence-corrected chi connectivity index (χ4v) is 4.04. The summed E-state index contributed by atoms with van der Waals surface area (Å²) < 4.78 is 30.3. The van der Waals surface area contributed by atoms with Gasteiger partial charge in [-0.25, -0.2) is 4.79 Å². The Kier molecular flexibility index (Phi) is 4.93. The van der Waals surface area contributed by atoms with Crippen molar-refractivity contribution >= 4 is 47.9 Å². The Morgan fingerprint density at radius 2 is 1.73 bits per heavy atom. The summed E-state index contributed by atoms with van der Waals surface area (Å²) in [4.78, 5) is 11.2. The maximum Gasteiger partial charge on any atom is 0.339 e. The van der Waals surface area contributed by atoms with Crippen molar-refractivity contribution in [2.75, 3.05) is 0 Å². The molecule has 5 nitrogen and oxygen atoms in total. The van der Waals surface area contributed by atoms with Crippen LogP contribution in [0.1, 0.15) is 15.9 Å². The van der Waals surface area contributed by atoms with Crippen LogP contribution in [0.5, 0.6) is 5.75 Å². The number of hydrogen-bond acceptors (Lipinski definition) is 4. The summed E-state index contributed by atoms with van der Waals surface area (Å²) >= 11 is 6.27. The summed E-state index contributed by atoms with van der Waals surface area (Å²) in [5.74, 6) is -1.56. The molecule has 0 spiro atoms. The van der Waals surface area contributed by atoms with Gasteiger partial charge in [0.05, 0.1) is 4.47 Å². The summed E-state index contributed by atoms with van der Waals surface area (Å²) in [5, 5.41) is 9.20. The summed E-state index contributed by atoms with van der Waals surface area (Å²) in [5.41, 5.74) is 0.631. The Morgan fingerprint density at radius 3 is 2.27 bits per heavy atom. The number of benzene rings is 2. The van der Waals surface area contributed by atoms with Gasteiger partial charge in [0.1, 0.15) is 10.5 Å². The maximum absolute atomic E-state index is 12.3. The molecule has 116 valence electrons. The number of carboxylic acid groups (broad SMARTS) is 1. The van der Waals surface area contributed by atoms with E-state index in [0.29, 0.717) is 4.47 Å². The molecular weight excluding hydrogens is 440 g/mol. The molecule has 8 heteroatoms. The van der Waals surface area contributed by atoms with Crippen LogP contribution in [0.4, 0.5) is 0 Å². The quantitative estimate of drug-likeness (QED) is 0.713. The molecule has 0 aliphatic heterocycles. The fourth-order valence-electron chi connectivity index (χ4n) is 1.67. The van der Waals surface area contributed by atoms with Gasteiger partial charge in [0.25, 0.3) is 0 Å². The van der Waals surface area contributed by atoms with Gasteiger partial charge in [-0.3, -0.25) is 0 Å². The molecule has 2 rings (SSSR count). The highest BCUT2D eigenvalue weighted by atomic mass is 79.9. The molecule has 0 saturated heterocycles. The number of carbonyl (C=O) groups is 1. The van der Waals surface area contributed by atoms with Gasteiger partial charge < -0.3 is 9.29 Å². The van der Waals surface area contributed by atoms with Gasteiger partial charge in [0.2, 0.25) is 0 Å². The molecule has 0 radical (unpaired) electrons. The summed E-state index contributed by atoms with van der Waals surface area (Å²) in [6, 6.07) is 8.84. The van der Waals surface area contributed by atoms with E-state index in [9.17, 15) is 18.3 Å². The number of halogens is 2. The first kappa shape index (κ1) is 17.0. The molecule has 0 amide bonds. The highest BCUT2D eigenvalue weighted by Gasteiger charge is 2.23. The first-order valence-electron chi connectivity index (χ1n) is 5.94. The molecule has 2 aromatic rings. The normalized spacial score (nSPS) is 11.2. The lowest BCUT2D eigenvalue weighted by molar-refractivity contribution is 0.0695. The van der Waals surface area contributed by atoms with Crippen LogP contribution in [0.3, 0.4) is 0 Å². The Labute approximate surface area is 144 Å². The Hall–Kier alpha value is -1.38. The molecule has 0 bridgehead atoms. The van der Waals surface area contributed by atoms with Crippen LogP contribution >= 0.6 is 31.9 Å². The van der Waals surface area contributed by atoms with Gasteiger partial charge in [0, 0.05) is 4.47 Å². The number of rotatable bonds is 4. The molecule has 0 aliphatic rings. The average molecular weight is 450 g/mol. The van der Waals surface area contributed by atoms with Crippen LogP contribution in [-0.4, -0.2) is 19.5 Å². The van der Waals surface area contributed by atoms with E-state index in [1.54, 1.807) is 12.1 Å². The summed E-state index contributed by atoms with van der Waals surface area (Å²) in [6.45, 7) is 1.82. The first-order valence-corrected chi connectivity index (χ1v) is 8.93. The molecule has 22 heavy (non-hydrogen) atoms. The second kappa shape index (κ2) is 6.39. The zero-order chi connectivity index (χ0) is 16.5. The fraction of sp³-hybridized carbons (Fsp3) is 0.0714. The second-order valence-corrected chi connectivity index (χ2v) is 7.74. The zero-order valence-corrected chi connectivity index (χ0v) is 15.2. The molecule has 0 heterocycles. The Bertz CT molecular complexity index is 829. The van der Waals surface area contributed by atoms with E-state index in [1.807, 2.05) is 6.92 Å². The molecule has 2 aromatic carbocycles. The third-order valence-corrected chi connectivity index (χ3v) is 5.02. The third-order valence-electron chi connectivity index (χ3n) is 2.74. The number of aromatic carboxylic acids is 1. The minimum Gasteiger partial charge on any atom is -0.478 e. The maximum atomic E-state index is 12.3. The van der Waals surface area contributed by atoms with Gasteiger partial charge in [-0.1, -0.05) is 33.6 Å². The topological polar surface area (TPSA) is 80.7 Å². The Morgan fingerprint density at radius 1 is 1.14 bits per heavy atom. The van der Waals surface area contributed by atoms with Crippen LogP contribution in [0.2, 0.25) is 0 Å². The summed E-state index contributed by atoms with van der Waals surface area (Å²) in [6.07, 6.45) is 0. The van der Waals surface area contributed by atoms with Gasteiger partial charge in [-0.05, 0) is 47.1 Å². The molecule has 0 aromatic heterocycles. The predicted molar refractivity (Wildman–Crippen MR) is 87.8 cm³/mol. The predicted octanol–water partition coefficient (Wildman–Crippen LogP) is 3.99. The van der Waals surface area contributed by atoms with Crippen molar-refractivity contribution in [2.24, 2.45) is 0 Å². The molecule has 0 fully saturated rings. The van der Waals surface area contributed by atoms with Crippen molar-refractivity contribution in [2.45, 2.75) is 11.8 Å². The van der Waals surface area contributed by atoms with E-state index in [1.165, 1.54) is 24.3 Å². The lowest BCUT2D eigenvalue weighted by atomic mass is 10.2. The number of aryl methyl sites for hydroxylation is 1. The summed E-state index contributed by atoms with van der Waals surface area (Å²) in [7, 11) is -4.13. The average Bonchev–Trinajstić information content (AvgIpc) is 2.41. The number of carboxylic acids is 1. The van der Waals surface area contributed by atoms with E-state index in [0.717, 1.165) is 5.56 Å². The first-order chi connectivity index (χ1) is 10.2. The Balaban J connectivity index is 2.50. The van der Waals surface area contributed by atoms with Crippen molar-refractivity contribution < 1.29 is 22.5 Å². The van der Waals surface area contributed by atoms with Crippen LogP contribution in [0, 0.1) is 6.92 Å². The van der Waals surface area contributed by atoms with Gasteiger partial charge >= 0.3 is 16.1 Å². The monoisotopic (exact) mass is 448 g/mol. The highest BCUT2D eigenvalue weighted by molar-refractivity contribution is 9.11. The van der Waals surface area contributed by atoms with E-state index in [2.05, 4.69) is 31.9 Å². The molecule has 0 aliphatic carbocycles. The molecule has 0 unspecified atom stereocenters.